The Morgan fingerprint density at radius 2 is 2.19 bits per heavy atom. The van der Waals surface area contributed by atoms with Gasteiger partial charge in [-0.05, 0) is 12.1 Å². The van der Waals surface area contributed by atoms with Gasteiger partial charge in [0.2, 0.25) is 5.91 Å². The third-order valence-electron chi connectivity index (χ3n) is 4.60. The lowest BCUT2D eigenvalue weighted by Gasteiger charge is -2.34. The second-order valence-corrected chi connectivity index (χ2v) is 6.30. The molecule has 1 fully saturated rings. The molecular weight excluding hydrogens is 353 g/mol. The van der Waals surface area contributed by atoms with Gasteiger partial charge in [-0.1, -0.05) is 6.07 Å². The van der Waals surface area contributed by atoms with Gasteiger partial charge in [-0.3, -0.25) is 14.4 Å². The molecule has 1 aliphatic rings. The summed E-state index contributed by atoms with van der Waals surface area (Å²) >= 11 is 0. The van der Waals surface area contributed by atoms with Gasteiger partial charge in [0.15, 0.2) is 5.43 Å². The molecule has 4 rings (SSSR count). The van der Waals surface area contributed by atoms with Gasteiger partial charge in [0.25, 0.3) is 5.91 Å². The number of aromatic nitrogens is 3. The Hall–Kier alpha value is -3.49. The number of nitrogens with zero attached hydrogens (tertiary/aromatic N) is 2. The van der Waals surface area contributed by atoms with Crippen molar-refractivity contribution in [3.63, 3.8) is 0 Å². The molecule has 3 N–H and O–H groups in total. The van der Waals surface area contributed by atoms with E-state index in [0.29, 0.717) is 12.2 Å². The number of carbonyl (C=O) groups excluding carboxylic acids is 2. The Morgan fingerprint density at radius 3 is 2.96 bits per heavy atom. The van der Waals surface area contributed by atoms with Gasteiger partial charge in [-0.25, -0.2) is 9.37 Å². The lowest BCUT2D eigenvalue weighted by Crippen LogP contribution is -2.58. The smallest absolute Gasteiger partial charge is 0.271 e. The Balaban J connectivity index is 1.71. The van der Waals surface area contributed by atoms with Crippen LogP contribution in [0.5, 0.6) is 0 Å². The molecule has 0 spiro atoms. The van der Waals surface area contributed by atoms with Crippen molar-refractivity contribution in [1.82, 2.24) is 25.2 Å². The van der Waals surface area contributed by atoms with Gasteiger partial charge >= 0.3 is 0 Å². The van der Waals surface area contributed by atoms with Gasteiger partial charge in [-0.2, -0.15) is 0 Å². The first-order valence-corrected chi connectivity index (χ1v) is 8.42. The zero-order valence-electron chi connectivity index (χ0n) is 14.2. The Kier molecular flexibility index (Phi) is 4.19. The van der Waals surface area contributed by atoms with E-state index in [1.165, 1.54) is 29.4 Å². The van der Waals surface area contributed by atoms with E-state index < -0.39 is 23.2 Å². The molecule has 0 bridgehead atoms. The van der Waals surface area contributed by atoms with E-state index in [-0.39, 0.29) is 35.5 Å². The van der Waals surface area contributed by atoms with Crippen molar-refractivity contribution in [3.05, 3.63) is 64.2 Å². The standard InChI is InChI=1S/C18H16FN5O3/c19-12-3-1-2-11-15(25)7-13(23-16(11)12)18(27)24-5-4-21-17(26)14(24)6-10-8-20-9-22-10/h1-3,7-9,14H,4-6H2,(H,20,22)(H,21,26)(H,23,25)/t14-/m0/s1. The molecule has 138 valence electrons. The number of halogens is 1. The van der Waals surface area contributed by atoms with E-state index in [4.69, 9.17) is 0 Å². The molecule has 27 heavy (non-hydrogen) atoms. The molecule has 0 unspecified atom stereocenters. The summed E-state index contributed by atoms with van der Waals surface area (Å²) < 4.78 is 14.1. The van der Waals surface area contributed by atoms with Crippen molar-refractivity contribution >= 4 is 22.7 Å². The predicted octanol–water partition coefficient (Wildman–Crippen LogP) is 0.574. The number of nitrogens with one attached hydrogen (secondary N) is 3. The van der Waals surface area contributed by atoms with Crippen LogP contribution in [0.2, 0.25) is 0 Å². The average Bonchev–Trinajstić information content (AvgIpc) is 3.17. The highest BCUT2D eigenvalue weighted by molar-refractivity contribution is 5.98. The molecule has 3 aromatic rings. The van der Waals surface area contributed by atoms with Gasteiger partial charge < -0.3 is 20.2 Å². The van der Waals surface area contributed by atoms with Crippen LogP contribution in [0.1, 0.15) is 16.2 Å². The van der Waals surface area contributed by atoms with E-state index in [0.717, 1.165) is 6.07 Å². The predicted molar refractivity (Wildman–Crippen MR) is 94.7 cm³/mol. The van der Waals surface area contributed by atoms with Crippen LogP contribution in [-0.4, -0.2) is 50.8 Å². The van der Waals surface area contributed by atoms with Crippen LogP contribution in [0.15, 0.2) is 41.6 Å². The maximum absolute atomic E-state index is 14.1. The number of carbonyl (C=O) groups is 2. The number of benzene rings is 1. The largest absolute Gasteiger partial charge is 0.353 e. The molecule has 1 aliphatic heterocycles. The van der Waals surface area contributed by atoms with Crippen molar-refractivity contribution < 1.29 is 14.0 Å². The van der Waals surface area contributed by atoms with Gasteiger partial charge in [0, 0.05) is 42.9 Å². The first-order chi connectivity index (χ1) is 13.0. The summed E-state index contributed by atoms with van der Waals surface area (Å²) in [4.78, 5) is 48.6. The van der Waals surface area contributed by atoms with Crippen molar-refractivity contribution in [2.75, 3.05) is 13.1 Å². The molecule has 1 aromatic carbocycles. The maximum atomic E-state index is 14.1. The number of piperazine rings is 1. The number of rotatable bonds is 3. The highest BCUT2D eigenvalue weighted by atomic mass is 19.1. The van der Waals surface area contributed by atoms with Crippen molar-refractivity contribution in [1.29, 1.82) is 0 Å². The summed E-state index contributed by atoms with van der Waals surface area (Å²) in [5, 5.41) is 2.90. The summed E-state index contributed by atoms with van der Waals surface area (Å²) in [6.45, 7) is 0.580. The highest BCUT2D eigenvalue weighted by Crippen LogP contribution is 2.16. The van der Waals surface area contributed by atoms with Crippen LogP contribution < -0.4 is 10.7 Å². The molecule has 0 saturated carbocycles. The van der Waals surface area contributed by atoms with Crippen molar-refractivity contribution in [2.24, 2.45) is 0 Å². The first kappa shape index (κ1) is 17.0. The van der Waals surface area contributed by atoms with Crippen LogP contribution in [0.3, 0.4) is 0 Å². The number of pyridine rings is 1. The van der Waals surface area contributed by atoms with Crippen molar-refractivity contribution in [2.45, 2.75) is 12.5 Å². The number of hydrogen-bond donors (Lipinski definition) is 3. The number of fused-ring (bicyclic) bond motifs is 1. The monoisotopic (exact) mass is 369 g/mol. The van der Waals surface area contributed by atoms with E-state index in [1.807, 2.05) is 0 Å². The summed E-state index contributed by atoms with van der Waals surface area (Å²) in [6.07, 6.45) is 3.33. The lowest BCUT2D eigenvalue weighted by molar-refractivity contribution is -0.127. The average molecular weight is 369 g/mol. The first-order valence-electron chi connectivity index (χ1n) is 8.42. The third-order valence-corrected chi connectivity index (χ3v) is 4.60. The number of hydrogen-bond acceptors (Lipinski definition) is 4. The lowest BCUT2D eigenvalue weighted by atomic mass is 10.1. The third kappa shape index (κ3) is 3.07. The number of aromatic amines is 2. The molecule has 1 saturated heterocycles. The topological polar surface area (TPSA) is 111 Å². The fourth-order valence-electron chi connectivity index (χ4n) is 3.27. The second kappa shape index (κ2) is 6.67. The van der Waals surface area contributed by atoms with Crippen LogP contribution in [0, 0.1) is 5.82 Å². The van der Waals surface area contributed by atoms with E-state index in [9.17, 15) is 18.8 Å². The number of para-hydroxylation sites is 1. The molecule has 0 radical (unpaired) electrons. The number of imidazole rings is 1. The summed E-state index contributed by atoms with van der Waals surface area (Å²) in [5.74, 6) is -1.44. The second-order valence-electron chi connectivity index (χ2n) is 6.30. The fourth-order valence-corrected chi connectivity index (χ4v) is 3.27. The Morgan fingerprint density at radius 1 is 1.33 bits per heavy atom. The quantitative estimate of drug-likeness (QED) is 0.627. The summed E-state index contributed by atoms with van der Waals surface area (Å²) in [6, 6.07) is 4.52. The molecule has 0 aliphatic carbocycles. The Bertz CT molecular complexity index is 1080. The fraction of sp³-hybridized carbons (Fsp3) is 0.222. The zero-order chi connectivity index (χ0) is 19.0. The molecule has 9 heteroatoms. The maximum Gasteiger partial charge on any atom is 0.271 e. The minimum absolute atomic E-state index is 0.0278. The molecular formula is C18H16FN5O3. The Labute approximate surface area is 152 Å². The van der Waals surface area contributed by atoms with Crippen LogP contribution in [-0.2, 0) is 11.2 Å². The summed E-state index contributed by atoms with van der Waals surface area (Å²) in [5.41, 5.74) is 0.160. The van der Waals surface area contributed by atoms with Crippen LogP contribution >= 0.6 is 0 Å². The SMILES string of the molecule is O=C1NCCN(C(=O)c2cc(=O)c3cccc(F)c3[nH]2)[C@H]1Cc1cnc[nH]1. The van der Waals surface area contributed by atoms with E-state index in [2.05, 4.69) is 20.3 Å². The summed E-state index contributed by atoms with van der Waals surface area (Å²) in [7, 11) is 0. The van der Waals surface area contributed by atoms with E-state index >= 15 is 0 Å². The van der Waals surface area contributed by atoms with Crippen LogP contribution in [0.25, 0.3) is 10.9 Å². The molecule has 2 aromatic heterocycles. The van der Waals surface area contributed by atoms with Crippen molar-refractivity contribution in [3.8, 4) is 0 Å². The number of H-pyrrole nitrogens is 2. The molecule has 1 atom stereocenters. The van der Waals surface area contributed by atoms with Gasteiger partial charge in [0.1, 0.15) is 17.6 Å². The molecule has 2 amide bonds. The minimum atomic E-state index is -0.758. The molecule has 3 heterocycles. The highest BCUT2D eigenvalue weighted by Gasteiger charge is 2.34. The van der Waals surface area contributed by atoms with Gasteiger partial charge in [-0.15, -0.1) is 0 Å². The van der Waals surface area contributed by atoms with Gasteiger partial charge in [0.05, 0.1) is 11.8 Å². The zero-order valence-corrected chi connectivity index (χ0v) is 14.2. The molecule has 8 nitrogen and oxygen atoms in total. The normalized spacial score (nSPS) is 17.1. The number of amides is 2. The minimum Gasteiger partial charge on any atom is -0.353 e. The van der Waals surface area contributed by atoms with Crippen LogP contribution in [0.4, 0.5) is 4.39 Å². The van der Waals surface area contributed by atoms with E-state index in [1.54, 1.807) is 6.20 Å².